The van der Waals surface area contributed by atoms with E-state index in [0.29, 0.717) is 17.8 Å². The summed E-state index contributed by atoms with van der Waals surface area (Å²) in [6.07, 6.45) is 8.59. The molecule has 5 N–H and O–H groups in total. The number of carbonyl (C=O) groups excluding carboxylic acids is 1. The number of thiophene rings is 1. The van der Waals surface area contributed by atoms with Crippen molar-refractivity contribution >= 4 is 54.7 Å². The quantitative estimate of drug-likeness (QED) is 0.397. The summed E-state index contributed by atoms with van der Waals surface area (Å²) < 4.78 is 1.62. The van der Waals surface area contributed by atoms with Gasteiger partial charge in [0.2, 0.25) is 0 Å². The van der Waals surface area contributed by atoms with Crippen LogP contribution in [0.25, 0.3) is 5.57 Å². The molecule has 2 aromatic rings. The van der Waals surface area contributed by atoms with Gasteiger partial charge in [-0.2, -0.15) is 0 Å². The first-order valence-corrected chi connectivity index (χ1v) is 11.9. The Morgan fingerprint density at radius 3 is 2.63 bits per heavy atom. The van der Waals surface area contributed by atoms with Gasteiger partial charge in [0.05, 0.1) is 13.8 Å². The first kappa shape index (κ1) is 22.8. The predicted molar refractivity (Wildman–Crippen MR) is 132 cm³/mol. The molecule has 1 atom stereocenters. The molecule has 0 bridgehead atoms. The molecule has 3 rings (SSSR count). The zero-order valence-corrected chi connectivity index (χ0v) is 20.5. The van der Waals surface area contributed by atoms with E-state index in [0.717, 1.165) is 37.1 Å². The summed E-state index contributed by atoms with van der Waals surface area (Å²) in [5.74, 6) is -0.132. The van der Waals surface area contributed by atoms with Crippen LogP contribution in [-0.2, 0) is 6.42 Å². The third kappa shape index (κ3) is 5.43. The van der Waals surface area contributed by atoms with Crippen LogP contribution in [0.2, 0.25) is 0 Å². The van der Waals surface area contributed by atoms with Crippen molar-refractivity contribution in [2.75, 3.05) is 20.1 Å². The topological polar surface area (TPSA) is 79.2 Å². The Bertz CT molecular complexity index is 983. The van der Waals surface area contributed by atoms with Gasteiger partial charge in [0.25, 0.3) is 5.91 Å². The molecule has 30 heavy (non-hydrogen) atoms. The number of benzene rings is 1. The van der Waals surface area contributed by atoms with Crippen LogP contribution in [-0.4, -0.2) is 32.1 Å². The molecule has 2 heterocycles. The second kappa shape index (κ2) is 10.9. The van der Waals surface area contributed by atoms with Crippen molar-refractivity contribution in [2.24, 2.45) is 5.73 Å². The van der Waals surface area contributed by atoms with Crippen LogP contribution in [0.5, 0.6) is 0 Å². The van der Waals surface area contributed by atoms with Crippen molar-refractivity contribution in [3.05, 3.63) is 84.7 Å². The third-order valence-electron chi connectivity index (χ3n) is 4.65. The molecular weight excluding hydrogens is 528 g/mol. The van der Waals surface area contributed by atoms with Gasteiger partial charge in [-0.3, -0.25) is 4.79 Å². The fourth-order valence-corrected chi connectivity index (χ4v) is 5.71. The normalized spacial score (nSPS) is 15.9. The Morgan fingerprint density at radius 1 is 1.27 bits per heavy atom. The van der Waals surface area contributed by atoms with E-state index in [2.05, 4.69) is 53.9 Å². The number of carbonyl (C=O) groups is 1. The summed E-state index contributed by atoms with van der Waals surface area (Å²) in [7, 11) is 1.86. The highest BCUT2D eigenvalue weighted by Crippen LogP contribution is 2.42. The molecule has 0 saturated carbocycles. The number of nitrogens with two attached hydrogens (primary N) is 1. The van der Waals surface area contributed by atoms with E-state index in [1.165, 1.54) is 11.3 Å². The van der Waals surface area contributed by atoms with Crippen LogP contribution in [0.1, 0.15) is 20.1 Å². The molecule has 158 valence electrons. The molecule has 1 unspecified atom stereocenters. The van der Waals surface area contributed by atoms with Gasteiger partial charge < -0.3 is 21.7 Å². The fraction of sp³-hybridized carbons (Fsp3) is 0.227. The summed E-state index contributed by atoms with van der Waals surface area (Å²) in [5, 5.41) is 9.34. The molecule has 1 aliphatic rings. The molecule has 1 amide bonds. The third-order valence-corrected chi connectivity index (χ3v) is 8.51. The van der Waals surface area contributed by atoms with Crippen molar-refractivity contribution in [3.8, 4) is 0 Å². The molecule has 1 aromatic carbocycles. The molecule has 5 nitrogen and oxygen atoms in total. The number of hydrogen-bond acceptors (Lipinski definition) is 5. The monoisotopic (exact) mass is 550 g/mol. The minimum absolute atomic E-state index is 0.132. The van der Waals surface area contributed by atoms with Gasteiger partial charge in [-0.25, -0.2) is 0 Å². The Morgan fingerprint density at radius 2 is 2.00 bits per heavy atom. The van der Waals surface area contributed by atoms with Crippen molar-refractivity contribution in [1.29, 1.82) is 0 Å². The molecule has 8 heteroatoms. The SMILES string of the molecule is CN/C=C\C(=C1\C=CNC1)c1sc(C(=O)NC(CN)Cc2ccccc2)c(Br)c1Br. The summed E-state index contributed by atoms with van der Waals surface area (Å²) in [4.78, 5) is 14.7. The molecule has 0 spiro atoms. The number of halogens is 2. The second-order valence-electron chi connectivity index (χ2n) is 6.76. The van der Waals surface area contributed by atoms with Crippen LogP contribution in [0.3, 0.4) is 0 Å². The zero-order chi connectivity index (χ0) is 21.5. The number of rotatable bonds is 8. The smallest absolute Gasteiger partial charge is 0.262 e. The largest absolute Gasteiger partial charge is 0.394 e. The fourth-order valence-electron chi connectivity index (χ4n) is 3.12. The standard InChI is InChI=1S/C22H24Br2N4OS/c1-26-9-8-17(15-7-10-27-13-15)20-18(23)19(24)21(30-20)22(29)28-16(12-25)11-14-5-3-2-4-6-14/h2-10,16,26-27H,11-13,25H2,1H3,(H,28,29)/b9-8-,17-15+. The maximum Gasteiger partial charge on any atom is 0.262 e. The van der Waals surface area contributed by atoms with E-state index in [9.17, 15) is 4.79 Å². The minimum Gasteiger partial charge on any atom is -0.394 e. The van der Waals surface area contributed by atoms with Crippen molar-refractivity contribution in [1.82, 2.24) is 16.0 Å². The van der Waals surface area contributed by atoms with Gasteiger partial charge in [0.1, 0.15) is 4.88 Å². The minimum atomic E-state index is -0.139. The summed E-state index contributed by atoms with van der Waals surface area (Å²) >= 11 is 8.73. The number of amides is 1. The first-order chi connectivity index (χ1) is 14.5. The lowest BCUT2D eigenvalue weighted by Crippen LogP contribution is -2.41. The highest BCUT2D eigenvalue weighted by Gasteiger charge is 2.24. The zero-order valence-electron chi connectivity index (χ0n) is 16.5. The molecule has 1 aliphatic heterocycles. The second-order valence-corrected chi connectivity index (χ2v) is 9.37. The van der Waals surface area contributed by atoms with E-state index >= 15 is 0 Å². The number of nitrogens with one attached hydrogen (secondary N) is 3. The van der Waals surface area contributed by atoms with Crippen LogP contribution < -0.4 is 21.7 Å². The van der Waals surface area contributed by atoms with E-state index in [-0.39, 0.29) is 11.9 Å². The molecule has 0 fully saturated rings. The van der Waals surface area contributed by atoms with Gasteiger partial charge in [0, 0.05) is 26.2 Å². The van der Waals surface area contributed by atoms with Crippen LogP contribution in [0.15, 0.2) is 69.4 Å². The van der Waals surface area contributed by atoms with Crippen LogP contribution in [0, 0.1) is 0 Å². The Labute approximate surface area is 197 Å². The lowest BCUT2D eigenvalue weighted by atomic mass is 10.1. The summed E-state index contributed by atoms with van der Waals surface area (Å²) in [6, 6.07) is 9.90. The number of hydrogen-bond donors (Lipinski definition) is 4. The van der Waals surface area contributed by atoms with Gasteiger partial charge in [-0.15, -0.1) is 11.3 Å². The van der Waals surface area contributed by atoms with Crippen molar-refractivity contribution in [3.63, 3.8) is 0 Å². The van der Waals surface area contributed by atoms with E-state index < -0.39 is 0 Å². The van der Waals surface area contributed by atoms with Gasteiger partial charge in [0.15, 0.2) is 0 Å². The van der Waals surface area contributed by atoms with Crippen LogP contribution in [0.4, 0.5) is 0 Å². The van der Waals surface area contributed by atoms with Gasteiger partial charge in [-0.05, 0) is 79.5 Å². The molecular formula is C22H24Br2N4OS. The molecule has 0 aliphatic carbocycles. The average Bonchev–Trinajstić information content (AvgIpc) is 3.39. The van der Waals surface area contributed by atoms with Crippen molar-refractivity contribution in [2.45, 2.75) is 12.5 Å². The van der Waals surface area contributed by atoms with E-state index in [4.69, 9.17) is 5.73 Å². The lowest BCUT2D eigenvalue weighted by molar-refractivity contribution is 0.0941. The van der Waals surface area contributed by atoms with E-state index in [1.54, 1.807) is 0 Å². The first-order valence-electron chi connectivity index (χ1n) is 9.55. The van der Waals surface area contributed by atoms with Crippen molar-refractivity contribution < 1.29 is 4.79 Å². The predicted octanol–water partition coefficient (Wildman–Crippen LogP) is 4.18. The van der Waals surface area contributed by atoms with Gasteiger partial charge >= 0.3 is 0 Å². The number of allylic oxidation sites excluding steroid dienone is 2. The summed E-state index contributed by atoms with van der Waals surface area (Å²) in [6.45, 7) is 1.12. The van der Waals surface area contributed by atoms with Gasteiger partial charge in [-0.1, -0.05) is 30.3 Å². The maximum absolute atomic E-state index is 13.1. The Kier molecular flexibility index (Phi) is 8.32. The van der Waals surface area contributed by atoms with Crippen LogP contribution >= 0.6 is 43.2 Å². The highest BCUT2D eigenvalue weighted by molar-refractivity contribution is 9.13. The molecule has 0 saturated heterocycles. The Hall–Kier alpha value is -1.87. The lowest BCUT2D eigenvalue weighted by Gasteiger charge is -2.16. The summed E-state index contributed by atoms with van der Waals surface area (Å²) in [5.41, 5.74) is 9.30. The van der Waals surface area contributed by atoms with E-state index in [1.807, 2.05) is 55.9 Å². The average molecular weight is 552 g/mol. The molecule has 1 aromatic heterocycles. The highest BCUT2D eigenvalue weighted by atomic mass is 79.9. The Balaban J connectivity index is 1.86. The molecule has 0 radical (unpaired) electrons. The maximum atomic E-state index is 13.1.